The van der Waals surface area contributed by atoms with Crippen molar-refractivity contribution < 1.29 is 23.8 Å². The lowest BCUT2D eigenvalue weighted by Crippen LogP contribution is -2.47. The summed E-state index contributed by atoms with van der Waals surface area (Å²) < 4.78 is 16.7. The molecule has 0 aliphatic heterocycles. The number of rotatable bonds is 9. The highest BCUT2D eigenvalue weighted by Crippen LogP contribution is 2.42. The minimum absolute atomic E-state index is 0.0310. The summed E-state index contributed by atoms with van der Waals surface area (Å²) in [5.41, 5.74) is 3.12. The number of carbonyl (C=O) groups is 2. The zero-order chi connectivity index (χ0) is 27.9. The van der Waals surface area contributed by atoms with Gasteiger partial charge in [0.25, 0.3) is 5.91 Å². The Morgan fingerprint density at radius 1 is 0.897 bits per heavy atom. The number of nitrogens with one attached hydrogen (secondary N) is 1. The van der Waals surface area contributed by atoms with Gasteiger partial charge in [0.1, 0.15) is 11.7 Å². The molecule has 1 aliphatic carbocycles. The Kier molecular flexibility index (Phi) is 9.01. The summed E-state index contributed by atoms with van der Waals surface area (Å²) in [6.07, 6.45) is 9.43. The minimum atomic E-state index is -1.06. The zero-order valence-electron chi connectivity index (χ0n) is 23.2. The fourth-order valence-corrected chi connectivity index (χ4v) is 5.21. The molecule has 0 spiro atoms. The Bertz CT molecular complexity index is 1260. The van der Waals surface area contributed by atoms with Gasteiger partial charge in [-0.25, -0.2) is 4.98 Å². The predicted octanol–water partition coefficient (Wildman–Crippen LogP) is 4.96. The molecule has 3 aromatic rings. The van der Waals surface area contributed by atoms with Crippen LogP contribution in [0.2, 0.25) is 0 Å². The number of hydrogen-bond donors (Lipinski definition) is 1. The average Bonchev–Trinajstić information content (AvgIpc) is 2.95. The number of carbonyl (C=O) groups excluding carboxylic acids is 2. The third kappa shape index (κ3) is 6.30. The monoisotopic (exact) mass is 532 g/mol. The Labute approximate surface area is 229 Å². The second kappa shape index (κ2) is 12.6. The summed E-state index contributed by atoms with van der Waals surface area (Å²) >= 11 is 0. The van der Waals surface area contributed by atoms with Crippen LogP contribution in [0.25, 0.3) is 0 Å². The van der Waals surface area contributed by atoms with Gasteiger partial charge in [-0.1, -0.05) is 25.3 Å². The molecule has 2 aromatic carbocycles. The topological polar surface area (TPSA) is 103 Å². The Morgan fingerprint density at radius 3 is 2.08 bits per heavy atom. The highest BCUT2D eigenvalue weighted by atomic mass is 16.5. The third-order valence-electron chi connectivity index (χ3n) is 6.95. The number of hydrogen-bond acceptors (Lipinski definition) is 7. The van der Waals surface area contributed by atoms with E-state index in [0.717, 1.165) is 43.2 Å². The van der Waals surface area contributed by atoms with Crippen molar-refractivity contribution in [1.29, 1.82) is 0 Å². The van der Waals surface area contributed by atoms with E-state index in [0.29, 0.717) is 28.5 Å². The number of anilines is 1. The highest BCUT2D eigenvalue weighted by molar-refractivity contribution is 6.09. The maximum absolute atomic E-state index is 14.2. The molecular weight excluding hydrogens is 496 g/mol. The molecule has 0 saturated heterocycles. The number of ether oxygens (including phenoxy) is 3. The van der Waals surface area contributed by atoms with Crippen LogP contribution in [0.15, 0.2) is 48.9 Å². The number of nitrogens with zero attached hydrogens (tertiary/aromatic N) is 3. The number of aromatic nitrogens is 2. The van der Waals surface area contributed by atoms with Gasteiger partial charge in [0.15, 0.2) is 11.5 Å². The van der Waals surface area contributed by atoms with Crippen LogP contribution in [0.1, 0.15) is 65.3 Å². The Morgan fingerprint density at radius 2 is 1.54 bits per heavy atom. The third-order valence-corrected chi connectivity index (χ3v) is 6.95. The van der Waals surface area contributed by atoms with Gasteiger partial charge in [-0.2, -0.15) is 0 Å². The largest absolute Gasteiger partial charge is 0.493 e. The average molecular weight is 533 g/mol. The van der Waals surface area contributed by atoms with Crippen molar-refractivity contribution in [1.82, 2.24) is 15.3 Å². The van der Waals surface area contributed by atoms with Gasteiger partial charge in [0, 0.05) is 24.1 Å². The highest BCUT2D eigenvalue weighted by Gasteiger charge is 2.36. The molecule has 0 bridgehead atoms. The summed E-state index contributed by atoms with van der Waals surface area (Å²) in [5, 5.41) is 3.23. The van der Waals surface area contributed by atoms with E-state index in [4.69, 9.17) is 14.2 Å². The van der Waals surface area contributed by atoms with Crippen molar-refractivity contribution >= 4 is 17.5 Å². The quantitative estimate of drug-likeness (QED) is 0.416. The van der Waals surface area contributed by atoms with Crippen molar-refractivity contribution in [2.75, 3.05) is 26.2 Å². The van der Waals surface area contributed by atoms with Gasteiger partial charge in [-0.05, 0) is 67.6 Å². The summed E-state index contributed by atoms with van der Waals surface area (Å²) in [6.45, 7) is 3.91. The standard InChI is InChI=1S/C30H36N4O5/c1-19-13-20(2)15-23(14-19)34(30(36)24-18-31-11-12-32-24)27(29(35)33-22-9-7-6-8-10-22)21-16-25(37-3)28(39-5)26(17-21)38-4/h11-18,22,27H,6-10H2,1-5H3,(H,33,35)/t27-/m1/s1. The molecule has 1 fully saturated rings. The lowest BCUT2D eigenvalue weighted by Gasteiger charge is -2.34. The van der Waals surface area contributed by atoms with Gasteiger partial charge in [-0.3, -0.25) is 19.5 Å². The smallest absolute Gasteiger partial charge is 0.279 e. The molecule has 2 amide bonds. The number of aryl methyl sites for hydroxylation is 2. The van der Waals surface area contributed by atoms with Crippen molar-refractivity contribution in [3.05, 3.63) is 71.3 Å². The van der Waals surface area contributed by atoms with Crippen LogP contribution in [0.3, 0.4) is 0 Å². The van der Waals surface area contributed by atoms with E-state index < -0.39 is 11.9 Å². The predicted molar refractivity (Wildman–Crippen MR) is 149 cm³/mol. The molecule has 1 aromatic heterocycles. The fraction of sp³-hybridized carbons (Fsp3) is 0.400. The van der Waals surface area contributed by atoms with Gasteiger partial charge in [-0.15, -0.1) is 0 Å². The van der Waals surface area contributed by atoms with Crippen molar-refractivity contribution in [3.8, 4) is 17.2 Å². The molecule has 0 unspecified atom stereocenters. The first kappa shape index (κ1) is 27.9. The molecule has 9 nitrogen and oxygen atoms in total. The molecular formula is C30H36N4O5. The maximum atomic E-state index is 14.2. The zero-order valence-corrected chi connectivity index (χ0v) is 23.2. The van der Waals surface area contributed by atoms with E-state index in [1.165, 1.54) is 44.8 Å². The van der Waals surface area contributed by atoms with Gasteiger partial charge >= 0.3 is 0 Å². The lowest BCUT2D eigenvalue weighted by atomic mass is 9.94. The Balaban J connectivity index is 1.93. The van der Waals surface area contributed by atoms with Gasteiger partial charge in [0.2, 0.25) is 11.7 Å². The number of benzene rings is 2. The molecule has 1 aliphatic rings. The molecule has 1 saturated carbocycles. The molecule has 0 radical (unpaired) electrons. The summed E-state index contributed by atoms with van der Waals surface area (Å²) in [7, 11) is 4.56. The van der Waals surface area contributed by atoms with E-state index in [1.807, 2.05) is 32.0 Å². The van der Waals surface area contributed by atoms with E-state index >= 15 is 0 Å². The van der Waals surface area contributed by atoms with Crippen LogP contribution >= 0.6 is 0 Å². The van der Waals surface area contributed by atoms with Crippen LogP contribution in [-0.2, 0) is 4.79 Å². The number of amides is 2. The molecule has 1 N–H and O–H groups in total. The van der Waals surface area contributed by atoms with Crippen LogP contribution < -0.4 is 24.4 Å². The fourth-order valence-electron chi connectivity index (χ4n) is 5.21. The molecule has 9 heteroatoms. The van der Waals surface area contributed by atoms with Crippen LogP contribution in [-0.4, -0.2) is 49.2 Å². The van der Waals surface area contributed by atoms with Crippen molar-refractivity contribution in [2.24, 2.45) is 0 Å². The first-order valence-corrected chi connectivity index (χ1v) is 13.1. The maximum Gasteiger partial charge on any atom is 0.279 e. The van der Waals surface area contributed by atoms with Crippen LogP contribution in [0.5, 0.6) is 17.2 Å². The van der Waals surface area contributed by atoms with E-state index in [1.54, 1.807) is 12.1 Å². The van der Waals surface area contributed by atoms with E-state index in [-0.39, 0.29) is 17.6 Å². The molecule has 1 atom stereocenters. The summed E-state index contributed by atoms with van der Waals surface area (Å²) in [6, 6.07) is 8.20. The van der Waals surface area contributed by atoms with Crippen molar-refractivity contribution in [3.63, 3.8) is 0 Å². The summed E-state index contributed by atoms with van der Waals surface area (Å²) in [5.74, 6) is 0.413. The van der Waals surface area contributed by atoms with Crippen molar-refractivity contribution in [2.45, 2.75) is 58.0 Å². The molecule has 206 valence electrons. The first-order valence-electron chi connectivity index (χ1n) is 13.1. The van der Waals surface area contributed by atoms with Crippen LogP contribution in [0, 0.1) is 13.8 Å². The molecule has 1 heterocycles. The molecule has 4 rings (SSSR count). The minimum Gasteiger partial charge on any atom is -0.493 e. The van der Waals surface area contributed by atoms with E-state index in [9.17, 15) is 9.59 Å². The normalized spacial score (nSPS) is 14.3. The number of methoxy groups -OCH3 is 3. The second-order valence-corrected chi connectivity index (χ2v) is 9.82. The molecule has 39 heavy (non-hydrogen) atoms. The Hall–Kier alpha value is -4.14. The van der Waals surface area contributed by atoms with E-state index in [2.05, 4.69) is 15.3 Å². The van der Waals surface area contributed by atoms with Gasteiger partial charge < -0.3 is 19.5 Å². The summed E-state index contributed by atoms with van der Waals surface area (Å²) in [4.78, 5) is 38.2. The first-order chi connectivity index (χ1) is 18.9. The second-order valence-electron chi connectivity index (χ2n) is 9.82. The van der Waals surface area contributed by atoms with Crippen LogP contribution in [0.4, 0.5) is 5.69 Å². The van der Waals surface area contributed by atoms with Gasteiger partial charge in [0.05, 0.1) is 27.5 Å². The SMILES string of the molecule is COc1cc([C@H](C(=O)NC2CCCCC2)N(C(=O)c2cnccn2)c2cc(C)cc(C)c2)cc(OC)c1OC. The lowest BCUT2D eigenvalue weighted by molar-refractivity contribution is -0.123.